The molecule has 0 aromatic heterocycles. The van der Waals surface area contributed by atoms with E-state index >= 15 is 0 Å². The van der Waals surface area contributed by atoms with Gasteiger partial charge in [0, 0.05) is 13.0 Å². The molecule has 3 aromatic carbocycles. The van der Waals surface area contributed by atoms with Gasteiger partial charge in [0.2, 0.25) is 15.9 Å². The lowest BCUT2D eigenvalue weighted by atomic mass is 9.84. The minimum atomic E-state index is -3.63. The van der Waals surface area contributed by atoms with Crippen LogP contribution in [0.3, 0.4) is 0 Å². The largest absolute Gasteiger partial charge is 0.343 e. The minimum absolute atomic E-state index is 0.0166. The fraction of sp³-hybridized carbons (Fsp3) is 0.174. The van der Waals surface area contributed by atoms with E-state index in [9.17, 15) is 13.2 Å². The number of carbonyl (C=O) groups excluding carboxylic acids is 1. The molecule has 0 fully saturated rings. The summed E-state index contributed by atoms with van der Waals surface area (Å²) in [5.74, 6) is -0.240. The van der Waals surface area contributed by atoms with E-state index in [2.05, 4.69) is 10.0 Å². The number of carbonyl (C=O) groups is 1. The van der Waals surface area contributed by atoms with Gasteiger partial charge < -0.3 is 5.32 Å². The van der Waals surface area contributed by atoms with Gasteiger partial charge in [0.05, 0.1) is 10.4 Å². The summed E-state index contributed by atoms with van der Waals surface area (Å²) in [6.45, 7) is 1.96. The first-order valence-corrected chi connectivity index (χ1v) is 10.9. The van der Waals surface area contributed by atoms with Crippen molar-refractivity contribution in [2.45, 2.75) is 23.8 Å². The van der Waals surface area contributed by atoms with Crippen LogP contribution in [0.15, 0.2) is 95.9 Å². The molecule has 29 heavy (non-hydrogen) atoms. The number of amides is 1. The van der Waals surface area contributed by atoms with Crippen molar-refractivity contribution in [1.29, 1.82) is 0 Å². The molecule has 6 heteroatoms. The zero-order valence-corrected chi connectivity index (χ0v) is 17.0. The molecular weight excluding hydrogens is 384 g/mol. The van der Waals surface area contributed by atoms with Crippen molar-refractivity contribution in [1.82, 2.24) is 10.0 Å². The molecule has 0 radical (unpaired) electrons. The number of rotatable bonds is 8. The van der Waals surface area contributed by atoms with Crippen LogP contribution in [0.2, 0.25) is 0 Å². The molecule has 0 atom stereocenters. The Morgan fingerprint density at radius 1 is 0.793 bits per heavy atom. The highest BCUT2D eigenvalue weighted by Gasteiger charge is 2.30. The fourth-order valence-corrected chi connectivity index (χ4v) is 4.23. The van der Waals surface area contributed by atoms with Crippen LogP contribution < -0.4 is 10.0 Å². The van der Waals surface area contributed by atoms with Gasteiger partial charge in [-0.05, 0) is 30.2 Å². The van der Waals surface area contributed by atoms with E-state index in [4.69, 9.17) is 0 Å². The topological polar surface area (TPSA) is 75.3 Å². The zero-order valence-electron chi connectivity index (χ0n) is 16.2. The van der Waals surface area contributed by atoms with Gasteiger partial charge >= 0.3 is 0 Å². The van der Waals surface area contributed by atoms with E-state index in [0.29, 0.717) is 0 Å². The Morgan fingerprint density at radius 2 is 1.24 bits per heavy atom. The average Bonchev–Trinajstić information content (AvgIpc) is 2.75. The van der Waals surface area contributed by atoms with E-state index in [1.165, 1.54) is 12.1 Å². The van der Waals surface area contributed by atoms with E-state index in [-0.39, 0.29) is 23.8 Å². The molecule has 0 saturated carbocycles. The van der Waals surface area contributed by atoms with Crippen molar-refractivity contribution in [3.8, 4) is 0 Å². The van der Waals surface area contributed by atoms with Crippen LogP contribution in [0, 0.1) is 0 Å². The molecule has 2 N–H and O–H groups in total. The lowest BCUT2D eigenvalue weighted by molar-refractivity contribution is -0.122. The predicted octanol–water partition coefficient (Wildman–Crippen LogP) is 3.43. The number of nitrogens with one attached hydrogen (secondary N) is 2. The Labute approximate surface area is 171 Å². The molecule has 0 saturated heterocycles. The van der Waals surface area contributed by atoms with E-state index in [0.717, 1.165) is 11.1 Å². The van der Waals surface area contributed by atoms with Crippen LogP contribution in [0.4, 0.5) is 0 Å². The summed E-state index contributed by atoms with van der Waals surface area (Å²) in [5.41, 5.74) is 1.17. The lowest BCUT2D eigenvalue weighted by Crippen LogP contribution is -2.45. The van der Waals surface area contributed by atoms with Crippen molar-refractivity contribution >= 4 is 15.9 Å². The Bertz CT molecular complexity index is 998. The number of hydrogen-bond acceptors (Lipinski definition) is 3. The molecule has 0 aliphatic carbocycles. The maximum Gasteiger partial charge on any atom is 0.240 e. The van der Waals surface area contributed by atoms with Gasteiger partial charge in [0.1, 0.15) is 0 Å². The maximum atomic E-state index is 12.7. The number of benzene rings is 3. The summed E-state index contributed by atoms with van der Waals surface area (Å²) in [5, 5.41) is 3.08. The molecule has 0 aliphatic rings. The van der Waals surface area contributed by atoms with Gasteiger partial charge in [-0.15, -0.1) is 0 Å². The van der Waals surface area contributed by atoms with Crippen LogP contribution in [0.5, 0.6) is 0 Å². The zero-order chi connectivity index (χ0) is 20.7. The molecule has 5 nitrogen and oxygen atoms in total. The van der Waals surface area contributed by atoms with E-state index in [1.807, 2.05) is 67.6 Å². The predicted molar refractivity (Wildman–Crippen MR) is 114 cm³/mol. The standard InChI is InChI=1S/C23H24N2O3S/c1-23(19-11-5-2-6-12-19,20-13-7-3-8-14-20)25-22(26)17-18-24-29(27,28)21-15-9-4-10-16-21/h2-16,24H,17-18H2,1H3,(H,25,26). The molecule has 0 spiro atoms. The van der Waals surface area contributed by atoms with Gasteiger partial charge in [-0.25, -0.2) is 13.1 Å². The van der Waals surface area contributed by atoms with Crippen molar-refractivity contribution in [3.63, 3.8) is 0 Å². The molecule has 0 heterocycles. The number of hydrogen-bond donors (Lipinski definition) is 2. The van der Waals surface area contributed by atoms with Crippen LogP contribution in [-0.2, 0) is 20.4 Å². The van der Waals surface area contributed by atoms with Crippen LogP contribution >= 0.6 is 0 Å². The van der Waals surface area contributed by atoms with Gasteiger partial charge in [-0.2, -0.15) is 0 Å². The Hall–Kier alpha value is -2.96. The third-order valence-corrected chi connectivity index (χ3v) is 6.27. The molecule has 3 rings (SSSR count). The summed E-state index contributed by atoms with van der Waals surface area (Å²) in [6, 6.07) is 27.5. The van der Waals surface area contributed by atoms with Crippen LogP contribution in [0.25, 0.3) is 0 Å². The lowest BCUT2D eigenvalue weighted by Gasteiger charge is -2.32. The normalized spacial score (nSPS) is 11.8. The van der Waals surface area contributed by atoms with Gasteiger partial charge in [-0.1, -0.05) is 78.9 Å². The van der Waals surface area contributed by atoms with Crippen molar-refractivity contribution in [2.24, 2.45) is 0 Å². The Balaban J connectivity index is 1.70. The smallest absolute Gasteiger partial charge is 0.240 e. The Morgan fingerprint density at radius 3 is 1.72 bits per heavy atom. The van der Waals surface area contributed by atoms with E-state index < -0.39 is 15.6 Å². The quantitative estimate of drug-likeness (QED) is 0.600. The summed E-state index contributed by atoms with van der Waals surface area (Å²) in [7, 11) is -3.63. The third-order valence-electron chi connectivity index (χ3n) is 4.79. The maximum absolute atomic E-state index is 12.7. The molecular formula is C23H24N2O3S. The fourth-order valence-electron chi connectivity index (χ4n) is 3.18. The van der Waals surface area contributed by atoms with Gasteiger partial charge in [0.25, 0.3) is 0 Å². The second-order valence-electron chi connectivity index (χ2n) is 6.87. The summed E-state index contributed by atoms with van der Waals surface area (Å²) in [6.07, 6.45) is 0.0291. The highest BCUT2D eigenvalue weighted by atomic mass is 32.2. The van der Waals surface area contributed by atoms with Gasteiger partial charge in [0.15, 0.2) is 0 Å². The first-order chi connectivity index (χ1) is 13.9. The van der Waals surface area contributed by atoms with E-state index in [1.54, 1.807) is 18.2 Å². The highest BCUT2D eigenvalue weighted by Crippen LogP contribution is 2.29. The average molecular weight is 409 g/mol. The molecule has 0 aliphatic heterocycles. The summed E-state index contributed by atoms with van der Waals surface area (Å²) < 4.78 is 27.1. The molecule has 3 aromatic rings. The third kappa shape index (κ3) is 5.10. The first kappa shape index (κ1) is 20.8. The summed E-state index contributed by atoms with van der Waals surface area (Å²) >= 11 is 0. The molecule has 150 valence electrons. The molecule has 1 amide bonds. The minimum Gasteiger partial charge on any atom is -0.343 e. The molecule has 0 bridgehead atoms. The van der Waals surface area contributed by atoms with Crippen molar-refractivity contribution in [3.05, 3.63) is 102 Å². The Kier molecular flexibility index (Phi) is 6.46. The van der Waals surface area contributed by atoms with Crippen LogP contribution in [0.1, 0.15) is 24.5 Å². The van der Waals surface area contributed by atoms with Crippen molar-refractivity contribution < 1.29 is 13.2 Å². The SMILES string of the molecule is CC(NC(=O)CCNS(=O)(=O)c1ccccc1)(c1ccccc1)c1ccccc1. The summed E-state index contributed by atoms with van der Waals surface area (Å²) in [4.78, 5) is 12.9. The first-order valence-electron chi connectivity index (χ1n) is 9.38. The second kappa shape index (κ2) is 9.03. The number of sulfonamides is 1. The van der Waals surface area contributed by atoms with Crippen molar-refractivity contribution in [2.75, 3.05) is 6.54 Å². The highest BCUT2D eigenvalue weighted by molar-refractivity contribution is 7.89. The molecule has 0 unspecified atom stereocenters. The van der Waals surface area contributed by atoms with Crippen LogP contribution in [-0.4, -0.2) is 20.9 Å². The second-order valence-corrected chi connectivity index (χ2v) is 8.63. The monoisotopic (exact) mass is 408 g/mol. The van der Waals surface area contributed by atoms with Gasteiger partial charge in [-0.3, -0.25) is 4.79 Å².